The Morgan fingerprint density at radius 3 is 2.13 bits per heavy atom. The highest BCUT2D eigenvalue weighted by molar-refractivity contribution is 6.48. The number of likely N-dealkylation sites (tertiary alicyclic amines) is 1. The molecule has 0 aliphatic carbocycles. The first kappa shape index (κ1) is 22.2. The molecule has 0 spiro atoms. The van der Waals surface area contributed by atoms with Gasteiger partial charge >= 0.3 is 6.18 Å². The maximum absolute atomic E-state index is 14.8. The number of nitrogens with zero attached hydrogens (tertiary/aromatic N) is 2. The Morgan fingerprint density at radius 2 is 1.61 bits per heavy atom. The number of halogens is 7. The normalized spacial score (nSPS) is 22.5. The molecule has 11 heteroatoms. The summed E-state index contributed by atoms with van der Waals surface area (Å²) in [4.78, 5) is 16.9. The summed E-state index contributed by atoms with van der Waals surface area (Å²) in [7, 11) is 0. The molecule has 1 saturated heterocycles. The molecule has 1 amide bonds. The molecule has 1 atom stereocenters. The summed E-state index contributed by atoms with van der Waals surface area (Å²) in [6.07, 6.45) is -4.92. The van der Waals surface area contributed by atoms with E-state index in [1.165, 1.54) is 29.2 Å². The van der Waals surface area contributed by atoms with Crippen LogP contribution in [0.4, 0.5) is 17.6 Å². The first-order valence-corrected chi connectivity index (χ1v) is 10.1. The summed E-state index contributed by atoms with van der Waals surface area (Å²) in [5, 5.41) is 3.31. The number of alkyl halides is 4. The van der Waals surface area contributed by atoms with E-state index in [1.807, 2.05) is 0 Å². The van der Waals surface area contributed by atoms with Crippen molar-refractivity contribution in [3.8, 4) is 0 Å². The number of benzene rings is 2. The van der Waals surface area contributed by atoms with E-state index in [1.54, 1.807) is 0 Å². The molecule has 2 aromatic carbocycles. The number of hydrogen-bond donors (Lipinski definition) is 0. The minimum atomic E-state index is -4.84. The third-order valence-electron chi connectivity index (χ3n) is 5.43. The van der Waals surface area contributed by atoms with Crippen LogP contribution in [0.3, 0.4) is 0 Å². The number of hydrogen-bond acceptors (Lipinski definition) is 3. The average molecular weight is 496 g/mol. The van der Waals surface area contributed by atoms with Gasteiger partial charge in [0.2, 0.25) is 6.41 Å². The van der Waals surface area contributed by atoms with E-state index >= 15 is 0 Å². The van der Waals surface area contributed by atoms with E-state index in [9.17, 15) is 22.4 Å². The number of carbonyl (C=O) groups excluding carboxylic acids is 1. The maximum Gasteiger partial charge on any atom is 0.435 e. The molecule has 2 aliphatic heterocycles. The van der Waals surface area contributed by atoms with Crippen molar-refractivity contribution in [2.45, 2.75) is 23.9 Å². The zero-order chi connectivity index (χ0) is 22.6. The van der Waals surface area contributed by atoms with Gasteiger partial charge in [0.15, 0.2) is 5.67 Å². The fourth-order valence-electron chi connectivity index (χ4n) is 3.66. The van der Waals surface area contributed by atoms with Gasteiger partial charge in [-0.2, -0.15) is 13.2 Å². The highest BCUT2D eigenvalue weighted by Gasteiger charge is 2.62. The zero-order valence-corrected chi connectivity index (χ0v) is 17.8. The Balaban J connectivity index is 1.62. The van der Waals surface area contributed by atoms with Crippen molar-refractivity contribution in [3.05, 3.63) is 68.2 Å². The van der Waals surface area contributed by atoms with E-state index in [0.29, 0.717) is 17.5 Å². The lowest BCUT2D eigenvalue weighted by Crippen LogP contribution is -2.55. The molecule has 2 aromatic rings. The molecule has 4 rings (SSSR count). The van der Waals surface area contributed by atoms with Gasteiger partial charge in [0.1, 0.15) is 0 Å². The Bertz CT molecular complexity index is 1050. The van der Waals surface area contributed by atoms with E-state index in [2.05, 4.69) is 5.16 Å². The van der Waals surface area contributed by atoms with Gasteiger partial charge in [-0.25, -0.2) is 4.39 Å². The van der Waals surface area contributed by atoms with Gasteiger partial charge in [-0.05, 0) is 23.3 Å². The number of amides is 1. The lowest BCUT2D eigenvalue weighted by molar-refractivity contribution is -0.275. The van der Waals surface area contributed by atoms with Crippen LogP contribution in [-0.4, -0.2) is 36.3 Å². The number of rotatable bonds is 4. The van der Waals surface area contributed by atoms with Crippen molar-refractivity contribution < 1.29 is 27.2 Å². The monoisotopic (exact) mass is 494 g/mol. The second kappa shape index (κ2) is 7.53. The molecule has 2 aliphatic rings. The van der Waals surface area contributed by atoms with Crippen molar-refractivity contribution in [2.24, 2.45) is 5.16 Å². The number of carbonyl (C=O) groups is 1. The van der Waals surface area contributed by atoms with Crippen molar-refractivity contribution in [1.29, 1.82) is 0 Å². The lowest BCUT2D eigenvalue weighted by atomic mass is 9.85. The molecule has 2 heterocycles. The topological polar surface area (TPSA) is 41.9 Å². The summed E-state index contributed by atoms with van der Waals surface area (Å²) in [6.45, 7) is -0.148. The maximum atomic E-state index is 14.8. The van der Waals surface area contributed by atoms with Gasteiger partial charge in [-0.3, -0.25) is 4.79 Å². The van der Waals surface area contributed by atoms with Crippen LogP contribution in [0, 0.1) is 0 Å². The molecule has 0 N–H and O–H groups in total. The molecular formula is C20H13Cl3F4N2O2. The van der Waals surface area contributed by atoms with Crippen LogP contribution in [0.2, 0.25) is 15.1 Å². The quantitative estimate of drug-likeness (QED) is 0.303. The highest BCUT2D eigenvalue weighted by Crippen LogP contribution is 2.50. The van der Waals surface area contributed by atoms with Crippen LogP contribution in [0.5, 0.6) is 0 Å². The van der Waals surface area contributed by atoms with Gasteiger partial charge < -0.3 is 9.74 Å². The summed E-state index contributed by atoms with van der Waals surface area (Å²) >= 11 is 17.7. The Hall–Kier alpha value is -2.03. The van der Waals surface area contributed by atoms with Crippen LogP contribution in [0.25, 0.3) is 0 Å². The van der Waals surface area contributed by atoms with Crippen molar-refractivity contribution in [1.82, 2.24) is 4.90 Å². The SMILES string of the molecule is O=CN1CC(F)(c2ccc(C3=NOC(c4cc(Cl)c(Cl)c(Cl)c4)(C(F)(F)F)C3)cc2)C1. The van der Waals surface area contributed by atoms with Crippen molar-refractivity contribution >= 4 is 46.9 Å². The molecule has 1 unspecified atom stereocenters. The summed E-state index contributed by atoms with van der Waals surface area (Å²) in [5.74, 6) is 0. The lowest BCUT2D eigenvalue weighted by Gasteiger charge is -2.42. The van der Waals surface area contributed by atoms with Gasteiger partial charge in [-0.15, -0.1) is 0 Å². The minimum Gasteiger partial charge on any atom is -0.374 e. The van der Waals surface area contributed by atoms with Gasteiger partial charge in [0.05, 0.1) is 33.9 Å². The van der Waals surface area contributed by atoms with Gasteiger partial charge in [0, 0.05) is 12.0 Å². The molecule has 4 nitrogen and oxygen atoms in total. The van der Waals surface area contributed by atoms with Crippen molar-refractivity contribution in [3.63, 3.8) is 0 Å². The summed E-state index contributed by atoms with van der Waals surface area (Å²) in [5.41, 5.74) is -4.11. The predicted molar refractivity (Wildman–Crippen MR) is 108 cm³/mol. The van der Waals surface area contributed by atoms with Crippen LogP contribution in [0.15, 0.2) is 41.6 Å². The standard InChI is InChI=1S/C20H13Cl3F4N2O2/c21-14-5-13(6-15(22)17(14)23)19(20(25,26)27)7-16(28-31-19)11-1-3-12(4-2-11)18(24)8-29(9-18)10-30/h1-6,10H,7-9H2. The van der Waals surface area contributed by atoms with E-state index in [0.717, 1.165) is 12.1 Å². The van der Waals surface area contributed by atoms with Crippen LogP contribution < -0.4 is 0 Å². The van der Waals surface area contributed by atoms with Crippen LogP contribution in [-0.2, 0) is 20.9 Å². The smallest absolute Gasteiger partial charge is 0.374 e. The van der Waals surface area contributed by atoms with E-state index < -0.39 is 23.9 Å². The van der Waals surface area contributed by atoms with Gasteiger partial charge in [-0.1, -0.05) is 64.2 Å². The van der Waals surface area contributed by atoms with Gasteiger partial charge in [0.25, 0.3) is 5.60 Å². The third kappa shape index (κ3) is 3.64. The summed E-state index contributed by atoms with van der Waals surface area (Å²) < 4.78 is 57.0. The van der Waals surface area contributed by atoms with Crippen LogP contribution in [0.1, 0.15) is 23.1 Å². The zero-order valence-electron chi connectivity index (χ0n) is 15.5. The largest absolute Gasteiger partial charge is 0.435 e. The fraction of sp³-hybridized carbons (Fsp3) is 0.300. The van der Waals surface area contributed by atoms with E-state index in [4.69, 9.17) is 39.6 Å². The fourth-order valence-corrected chi connectivity index (χ4v) is 4.26. The highest BCUT2D eigenvalue weighted by atomic mass is 35.5. The molecule has 31 heavy (non-hydrogen) atoms. The second-order valence-corrected chi connectivity index (χ2v) is 8.63. The molecule has 1 fully saturated rings. The molecule has 0 radical (unpaired) electrons. The molecule has 164 valence electrons. The Labute approximate surface area is 189 Å². The first-order chi connectivity index (χ1) is 14.5. The summed E-state index contributed by atoms with van der Waals surface area (Å²) in [6, 6.07) is 7.96. The molecule has 0 aromatic heterocycles. The van der Waals surface area contributed by atoms with Crippen molar-refractivity contribution in [2.75, 3.05) is 13.1 Å². The Morgan fingerprint density at radius 1 is 1.03 bits per heavy atom. The van der Waals surface area contributed by atoms with E-state index in [-0.39, 0.29) is 39.4 Å². The minimum absolute atomic E-state index is 0.0297. The van der Waals surface area contributed by atoms with Crippen LogP contribution >= 0.6 is 34.8 Å². The molecular weight excluding hydrogens is 483 g/mol. The third-order valence-corrected chi connectivity index (χ3v) is 6.62. The second-order valence-electron chi connectivity index (χ2n) is 7.44. The molecule has 0 saturated carbocycles. The Kier molecular flexibility index (Phi) is 5.39. The predicted octanol–water partition coefficient (Wildman–Crippen LogP) is 5.87. The number of oxime groups is 1. The first-order valence-electron chi connectivity index (χ1n) is 8.95. The molecule has 0 bridgehead atoms. The average Bonchev–Trinajstić information content (AvgIpc) is 3.16.